The molecule has 1 saturated carbocycles. The molecule has 1 aliphatic carbocycles. The summed E-state index contributed by atoms with van der Waals surface area (Å²) in [6.45, 7) is 0. The van der Waals surface area contributed by atoms with Gasteiger partial charge in [0.05, 0.1) is 20.9 Å². The molecule has 1 aromatic carbocycles. The molecule has 0 amide bonds. The van der Waals surface area contributed by atoms with E-state index >= 15 is 0 Å². The van der Waals surface area contributed by atoms with E-state index in [0.29, 0.717) is 0 Å². The molecule has 0 heterocycles. The summed E-state index contributed by atoms with van der Waals surface area (Å²) in [5.74, 6) is -1.35. The number of rotatable bonds is 3. The second kappa shape index (κ2) is 6.55. The molecule has 0 atom stereocenters. The maximum absolute atomic E-state index is 12.6. The molecule has 0 spiro atoms. The molecule has 0 saturated heterocycles. The van der Waals surface area contributed by atoms with Crippen LogP contribution in [-0.2, 0) is 10.0 Å². The minimum absolute atomic E-state index is 0.0557. The Kier molecular flexibility index (Phi) is 5.31. The summed E-state index contributed by atoms with van der Waals surface area (Å²) in [4.78, 5) is -0.0557. The number of nitrogens with one attached hydrogen (secondary N) is 1. The highest BCUT2D eigenvalue weighted by molar-refractivity contribution is 7.89. The summed E-state index contributed by atoms with van der Waals surface area (Å²) in [6.07, 6.45) is -4.04. The van der Waals surface area contributed by atoms with Crippen molar-refractivity contribution in [3.63, 3.8) is 0 Å². The van der Waals surface area contributed by atoms with Crippen LogP contribution >= 0.6 is 23.2 Å². The van der Waals surface area contributed by atoms with E-state index in [1.807, 2.05) is 0 Å². The molecule has 3 nitrogen and oxygen atoms in total. The number of sulfonamides is 1. The van der Waals surface area contributed by atoms with Gasteiger partial charge in [-0.05, 0) is 43.9 Å². The Morgan fingerprint density at radius 1 is 1.05 bits per heavy atom. The number of hydrogen-bond donors (Lipinski definition) is 1. The van der Waals surface area contributed by atoms with Crippen molar-refractivity contribution >= 4 is 33.2 Å². The summed E-state index contributed by atoms with van der Waals surface area (Å²) >= 11 is 11.5. The van der Waals surface area contributed by atoms with Crippen molar-refractivity contribution < 1.29 is 21.6 Å². The fraction of sp³-hybridized carbons (Fsp3) is 0.538. The van der Waals surface area contributed by atoms with Crippen LogP contribution in [0, 0.1) is 5.92 Å². The second-order valence-electron chi connectivity index (χ2n) is 5.29. The van der Waals surface area contributed by atoms with Gasteiger partial charge in [0.15, 0.2) is 0 Å². The van der Waals surface area contributed by atoms with Gasteiger partial charge in [-0.3, -0.25) is 0 Å². The molecule has 0 radical (unpaired) electrons. The monoisotopic (exact) mass is 375 g/mol. The van der Waals surface area contributed by atoms with Crippen LogP contribution in [0.25, 0.3) is 0 Å². The third-order valence-electron chi connectivity index (χ3n) is 3.71. The molecule has 124 valence electrons. The maximum Gasteiger partial charge on any atom is 0.391 e. The first-order chi connectivity index (χ1) is 10.1. The molecule has 9 heteroatoms. The van der Waals surface area contributed by atoms with Crippen LogP contribution < -0.4 is 4.72 Å². The zero-order valence-corrected chi connectivity index (χ0v) is 13.7. The normalized spacial score (nSPS) is 23.5. The van der Waals surface area contributed by atoms with Gasteiger partial charge < -0.3 is 0 Å². The zero-order chi connectivity index (χ0) is 16.5. The number of benzene rings is 1. The van der Waals surface area contributed by atoms with Gasteiger partial charge in [0.25, 0.3) is 0 Å². The maximum atomic E-state index is 12.6. The molecule has 2 rings (SSSR count). The van der Waals surface area contributed by atoms with Gasteiger partial charge in [-0.1, -0.05) is 23.2 Å². The number of hydrogen-bond acceptors (Lipinski definition) is 2. The second-order valence-corrected chi connectivity index (χ2v) is 7.82. The van der Waals surface area contributed by atoms with Gasteiger partial charge in [-0.2, -0.15) is 13.2 Å². The molecule has 1 aliphatic rings. The zero-order valence-electron chi connectivity index (χ0n) is 11.3. The fourth-order valence-corrected chi connectivity index (χ4v) is 4.16. The molecular weight excluding hydrogens is 362 g/mol. The van der Waals surface area contributed by atoms with Crippen LogP contribution in [0.15, 0.2) is 23.1 Å². The van der Waals surface area contributed by atoms with Crippen LogP contribution in [0.5, 0.6) is 0 Å². The highest BCUT2D eigenvalue weighted by Gasteiger charge is 2.41. The van der Waals surface area contributed by atoms with E-state index in [0.717, 1.165) is 0 Å². The largest absolute Gasteiger partial charge is 0.391 e. The Bertz CT molecular complexity index is 641. The van der Waals surface area contributed by atoms with Crippen LogP contribution in [0.3, 0.4) is 0 Å². The Hall–Kier alpha value is -0.500. The predicted molar refractivity (Wildman–Crippen MR) is 78.6 cm³/mol. The van der Waals surface area contributed by atoms with Gasteiger partial charge in [0, 0.05) is 6.04 Å². The summed E-state index contributed by atoms with van der Waals surface area (Å²) in [5, 5.41) is 0.330. The first-order valence-corrected chi connectivity index (χ1v) is 8.87. The topological polar surface area (TPSA) is 46.2 Å². The lowest BCUT2D eigenvalue weighted by atomic mass is 9.86. The number of halogens is 5. The minimum atomic E-state index is -4.21. The highest BCUT2D eigenvalue weighted by Crippen LogP contribution is 2.37. The van der Waals surface area contributed by atoms with E-state index in [1.54, 1.807) is 0 Å². The quantitative estimate of drug-likeness (QED) is 0.851. The minimum Gasteiger partial charge on any atom is -0.208 e. The van der Waals surface area contributed by atoms with Crippen molar-refractivity contribution in [2.45, 2.75) is 42.8 Å². The lowest BCUT2D eigenvalue weighted by molar-refractivity contribution is -0.182. The SMILES string of the molecule is O=S(=O)(NC1CCC(C(F)(F)F)CC1)c1ccc(Cl)c(Cl)c1. The van der Waals surface area contributed by atoms with Crippen molar-refractivity contribution in [2.75, 3.05) is 0 Å². The van der Waals surface area contributed by atoms with E-state index < -0.39 is 28.2 Å². The summed E-state index contributed by atoms with van der Waals surface area (Å²) < 4.78 is 64.6. The van der Waals surface area contributed by atoms with E-state index in [9.17, 15) is 21.6 Å². The lowest BCUT2D eigenvalue weighted by Crippen LogP contribution is -2.39. The van der Waals surface area contributed by atoms with E-state index in [-0.39, 0.29) is 40.6 Å². The predicted octanol–water partition coefficient (Wildman–Crippen LogP) is 4.39. The molecule has 22 heavy (non-hydrogen) atoms. The molecule has 0 bridgehead atoms. The van der Waals surface area contributed by atoms with Gasteiger partial charge in [0.1, 0.15) is 0 Å². The summed E-state index contributed by atoms with van der Waals surface area (Å²) in [7, 11) is -3.83. The van der Waals surface area contributed by atoms with Crippen LogP contribution in [-0.4, -0.2) is 20.6 Å². The van der Waals surface area contributed by atoms with Crippen molar-refractivity contribution in [1.82, 2.24) is 4.72 Å². The molecule has 0 aliphatic heterocycles. The third-order valence-corrected chi connectivity index (χ3v) is 5.97. The average Bonchev–Trinajstić information content (AvgIpc) is 2.41. The molecule has 1 fully saturated rings. The lowest BCUT2D eigenvalue weighted by Gasteiger charge is -2.30. The van der Waals surface area contributed by atoms with Gasteiger partial charge in [0.2, 0.25) is 10.0 Å². The Morgan fingerprint density at radius 3 is 2.14 bits per heavy atom. The number of alkyl halides is 3. The Balaban J connectivity index is 2.03. The van der Waals surface area contributed by atoms with E-state index in [4.69, 9.17) is 23.2 Å². The fourth-order valence-electron chi connectivity index (χ4n) is 2.47. The van der Waals surface area contributed by atoms with Crippen molar-refractivity contribution in [3.05, 3.63) is 28.2 Å². The average molecular weight is 376 g/mol. The van der Waals surface area contributed by atoms with Crippen molar-refractivity contribution in [3.8, 4) is 0 Å². The van der Waals surface area contributed by atoms with Crippen LogP contribution in [0.2, 0.25) is 10.0 Å². The molecule has 0 unspecified atom stereocenters. The molecular formula is C13H14Cl2F3NO2S. The summed E-state index contributed by atoms with van der Waals surface area (Å²) in [5.41, 5.74) is 0. The van der Waals surface area contributed by atoms with Crippen molar-refractivity contribution in [2.24, 2.45) is 5.92 Å². The highest BCUT2D eigenvalue weighted by atomic mass is 35.5. The first-order valence-electron chi connectivity index (χ1n) is 6.63. The van der Waals surface area contributed by atoms with Crippen LogP contribution in [0.1, 0.15) is 25.7 Å². The molecule has 1 aromatic rings. The standard InChI is InChI=1S/C13H14Cl2F3NO2S/c14-11-6-5-10(7-12(11)15)22(20,21)19-9-3-1-8(2-4-9)13(16,17)18/h5-9,19H,1-4H2. The van der Waals surface area contributed by atoms with Crippen LogP contribution in [0.4, 0.5) is 13.2 Å². The van der Waals surface area contributed by atoms with Gasteiger partial charge >= 0.3 is 6.18 Å². The Morgan fingerprint density at radius 2 is 1.64 bits per heavy atom. The Labute approximate surface area is 136 Å². The first kappa shape index (κ1) is 17.8. The smallest absolute Gasteiger partial charge is 0.208 e. The third kappa shape index (κ3) is 4.28. The van der Waals surface area contributed by atoms with E-state index in [1.165, 1.54) is 18.2 Å². The summed E-state index contributed by atoms with van der Waals surface area (Å²) in [6, 6.07) is 3.38. The van der Waals surface area contributed by atoms with Crippen molar-refractivity contribution in [1.29, 1.82) is 0 Å². The van der Waals surface area contributed by atoms with Gasteiger partial charge in [-0.15, -0.1) is 0 Å². The van der Waals surface area contributed by atoms with Gasteiger partial charge in [-0.25, -0.2) is 13.1 Å². The van der Waals surface area contributed by atoms with E-state index in [2.05, 4.69) is 4.72 Å². The molecule has 0 aromatic heterocycles. The molecule has 1 N–H and O–H groups in total.